The number of carbonyl (C=O) groups is 1. The standard InChI is InChI=1S/C19H24N2O2/c1-14-8-10-16(11-9-14)12-21-19(22)13-20-15(2)17-6-4-5-7-18(17)23-3/h4-11,15,20H,12-13H2,1-3H3,(H,21,22)/t15-/m1/s1. The second-order valence-corrected chi connectivity index (χ2v) is 5.61. The molecule has 2 rings (SSSR count). The summed E-state index contributed by atoms with van der Waals surface area (Å²) in [7, 11) is 1.65. The Morgan fingerprint density at radius 2 is 1.83 bits per heavy atom. The Balaban J connectivity index is 1.80. The van der Waals surface area contributed by atoms with Crippen LogP contribution in [0.3, 0.4) is 0 Å². The van der Waals surface area contributed by atoms with Gasteiger partial charge in [-0.1, -0.05) is 48.0 Å². The molecule has 0 aliphatic carbocycles. The van der Waals surface area contributed by atoms with Crippen LogP contribution in [-0.2, 0) is 11.3 Å². The van der Waals surface area contributed by atoms with Gasteiger partial charge in [0.15, 0.2) is 0 Å². The summed E-state index contributed by atoms with van der Waals surface area (Å²) in [5.74, 6) is 0.805. The second kappa shape index (κ2) is 8.34. The van der Waals surface area contributed by atoms with E-state index in [2.05, 4.69) is 10.6 Å². The number of amides is 1. The van der Waals surface area contributed by atoms with Gasteiger partial charge in [0, 0.05) is 18.2 Å². The molecule has 0 bridgehead atoms. The van der Waals surface area contributed by atoms with Crippen LogP contribution in [0.4, 0.5) is 0 Å². The first-order valence-corrected chi connectivity index (χ1v) is 7.78. The van der Waals surface area contributed by atoms with Gasteiger partial charge in [-0.15, -0.1) is 0 Å². The maximum Gasteiger partial charge on any atom is 0.234 e. The summed E-state index contributed by atoms with van der Waals surface area (Å²) in [6.07, 6.45) is 0. The predicted molar refractivity (Wildman–Crippen MR) is 92.4 cm³/mol. The Morgan fingerprint density at radius 3 is 2.52 bits per heavy atom. The van der Waals surface area contributed by atoms with Gasteiger partial charge < -0.3 is 15.4 Å². The van der Waals surface area contributed by atoms with E-state index in [9.17, 15) is 4.79 Å². The fraction of sp³-hybridized carbons (Fsp3) is 0.316. The van der Waals surface area contributed by atoms with E-state index in [1.54, 1.807) is 7.11 Å². The number of hydrogen-bond donors (Lipinski definition) is 2. The van der Waals surface area contributed by atoms with Gasteiger partial charge in [-0.05, 0) is 25.5 Å². The number of methoxy groups -OCH3 is 1. The minimum absolute atomic E-state index is 0.0210. The smallest absolute Gasteiger partial charge is 0.234 e. The largest absolute Gasteiger partial charge is 0.496 e. The SMILES string of the molecule is COc1ccccc1[C@@H](C)NCC(=O)NCc1ccc(C)cc1. The van der Waals surface area contributed by atoms with E-state index in [1.807, 2.05) is 62.4 Å². The van der Waals surface area contributed by atoms with Crippen molar-refractivity contribution in [2.24, 2.45) is 0 Å². The van der Waals surface area contributed by atoms with E-state index in [4.69, 9.17) is 4.74 Å². The van der Waals surface area contributed by atoms with Crippen LogP contribution in [0.25, 0.3) is 0 Å². The summed E-state index contributed by atoms with van der Waals surface area (Å²) < 4.78 is 5.35. The molecule has 0 saturated carbocycles. The average molecular weight is 312 g/mol. The van der Waals surface area contributed by atoms with Crippen LogP contribution in [0.1, 0.15) is 29.7 Å². The molecule has 4 nitrogen and oxygen atoms in total. The highest BCUT2D eigenvalue weighted by atomic mass is 16.5. The number of rotatable bonds is 7. The lowest BCUT2D eigenvalue weighted by atomic mass is 10.1. The number of nitrogens with one attached hydrogen (secondary N) is 2. The average Bonchev–Trinajstić information content (AvgIpc) is 2.59. The van der Waals surface area contributed by atoms with Crippen molar-refractivity contribution in [3.05, 3.63) is 65.2 Å². The number of para-hydroxylation sites is 1. The van der Waals surface area contributed by atoms with Gasteiger partial charge in [0.25, 0.3) is 0 Å². The minimum atomic E-state index is -0.0210. The highest BCUT2D eigenvalue weighted by Crippen LogP contribution is 2.23. The van der Waals surface area contributed by atoms with Crippen LogP contribution in [0.15, 0.2) is 48.5 Å². The Hall–Kier alpha value is -2.33. The molecule has 0 unspecified atom stereocenters. The van der Waals surface area contributed by atoms with Crippen LogP contribution >= 0.6 is 0 Å². The zero-order valence-electron chi connectivity index (χ0n) is 13.9. The molecule has 0 fully saturated rings. The molecular formula is C19H24N2O2. The molecule has 0 saturated heterocycles. The normalized spacial score (nSPS) is 11.8. The quantitative estimate of drug-likeness (QED) is 0.826. The van der Waals surface area contributed by atoms with E-state index in [1.165, 1.54) is 5.56 Å². The third-order valence-electron chi connectivity index (χ3n) is 3.78. The summed E-state index contributed by atoms with van der Waals surface area (Å²) in [5.41, 5.74) is 3.36. The van der Waals surface area contributed by atoms with E-state index in [0.717, 1.165) is 16.9 Å². The molecule has 2 aromatic carbocycles. The molecule has 4 heteroatoms. The summed E-state index contributed by atoms with van der Waals surface area (Å²) in [6.45, 7) is 4.88. The van der Waals surface area contributed by atoms with E-state index in [0.29, 0.717) is 6.54 Å². The van der Waals surface area contributed by atoms with Gasteiger partial charge in [-0.2, -0.15) is 0 Å². The monoisotopic (exact) mass is 312 g/mol. The van der Waals surface area contributed by atoms with Crippen molar-refractivity contribution in [2.75, 3.05) is 13.7 Å². The van der Waals surface area contributed by atoms with Crippen molar-refractivity contribution < 1.29 is 9.53 Å². The zero-order chi connectivity index (χ0) is 16.7. The number of hydrogen-bond acceptors (Lipinski definition) is 3. The second-order valence-electron chi connectivity index (χ2n) is 5.61. The summed E-state index contributed by atoms with van der Waals surface area (Å²) in [6, 6.07) is 16.0. The van der Waals surface area contributed by atoms with Gasteiger partial charge in [0.1, 0.15) is 5.75 Å². The topological polar surface area (TPSA) is 50.4 Å². The molecule has 2 N–H and O–H groups in total. The highest BCUT2D eigenvalue weighted by Gasteiger charge is 2.11. The minimum Gasteiger partial charge on any atom is -0.496 e. The first kappa shape index (κ1) is 17.0. The number of ether oxygens (including phenoxy) is 1. The Labute approximate surface area is 137 Å². The lowest BCUT2D eigenvalue weighted by molar-refractivity contribution is -0.120. The first-order valence-electron chi connectivity index (χ1n) is 7.78. The summed E-state index contributed by atoms with van der Waals surface area (Å²) in [4.78, 5) is 12.0. The fourth-order valence-electron chi connectivity index (χ4n) is 2.35. The Kier molecular flexibility index (Phi) is 6.18. The molecule has 0 aliphatic rings. The van der Waals surface area contributed by atoms with Gasteiger partial charge >= 0.3 is 0 Å². The summed E-state index contributed by atoms with van der Waals surface area (Å²) >= 11 is 0. The molecule has 0 heterocycles. The van der Waals surface area contributed by atoms with Crippen molar-refractivity contribution in [2.45, 2.75) is 26.4 Å². The van der Waals surface area contributed by atoms with Crippen molar-refractivity contribution in [1.29, 1.82) is 0 Å². The summed E-state index contributed by atoms with van der Waals surface area (Å²) in [5, 5.41) is 6.15. The molecule has 122 valence electrons. The van der Waals surface area contributed by atoms with Gasteiger partial charge in [-0.25, -0.2) is 0 Å². The van der Waals surface area contributed by atoms with Crippen LogP contribution in [0.2, 0.25) is 0 Å². The predicted octanol–water partition coefficient (Wildman–Crippen LogP) is 2.97. The molecule has 0 aliphatic heterocycles. The molecular weight excluding hydrogens is 288 g/mol. The number of benzene rings is 2. The number of carbonyl (C=O) groups excluding carboxylic acids is 1. The van der Waals surface area contributed by atoms with E-state index in [-0.39, 0.29) is 18.5 Å². The lowest BCUT2D eigenvalue weighted by Crippen LogP contribution is -2.34. The van der Waals surface area contributed by atoms with E-state index >= 15 is 0 Å². The maximum absolute atomic E-state index is 12.0. The first-order chi connectivity index (χ1) is 11.1. The molecule has 1 amide bonds. The Bertz CT molecular complexity index is 638. The molecule has 2 aromatic rings. The fourth-order valence-corrected chi connectivity index (χ4v) is 2.35. The molecule has 0 spiro atoms. The van der Waals surface area contributed by atoms with Crippen molar-refractivity contribution >= 4 is 5.91 Å². The van der Waals surface area contributed by atoms with Gasteiger partial charge in [0.2, 0.25) is 5.91 Å². The van der Waals surface area contributed by atoms with Crippen LogP contribution in [-0.4, -0.2) is 19.6 Å². The van der Waals surface area contributed by atoms with Crippen LogP contribution in [0, 0.1) is 6.92 Å². The van der Waals surface area contributed by atoms with Crippen molar-refractivity contribution in [3.63, 3.8) is 0 Å². The van der Waals surface area contributed by atoms with Crippen LogP contribution in [0.5, 0.6) is 5.75 Å². The number of aryl methyl sites for hydroxylation is 1. The third-order valence-corrected chi connectivity index (χ3v) is 3.78. The maximum atomic E-state index is 12.0. The van der Waals surface area contributed by atoms with E-state index < -0.39 is 0 Å². The lowest BCUT2D eigenvalue weighted by Gasteiger charge is -2.17. The zero-order valence-corrected chi connectivity index (χ0v) is 13.9. The van der Waals surface area contributed by atoms with Crippen molar-refractivity contribution in [3.8, 4) is 5.75 Å². The highest BCUT2D eigenvalue weighted by molar-refractivity contribution is 5.78. The van der Waals surface area contributed by atoms with Crippen molar-refractivity contribution in [1.82, 2.24) is 10.6 Å². The molecule has 23 heavy (non-hydrogen) atoms. The van der Waals surface area contributed by atoms with Crippen LogP contribution < -0.4 is 15.4 Å². The van der Waals surface area contributed by atoms with Gasteiger partial charge in [-0.3, -0.25) is 4.79 Å². The molecule has 0 radical (unpaired) electrons. The Morgan fingerprint density at radius 1 is 1.13 bits per heavy atom. The molecule has 0 aromatic heterocycles. The van der Waals surface area contributed by atoms with Gasteiger partial charge in [0.05, 0.1) is 13.7 Å². The molecule has 1 atom stereocenters. The third kappa shape index (κ3) is 5.11.